The van der Waals surface area contributed by atoms with Crippen LogP contribution in [0, 0.1) is 5.92 Å². The molecule has 5 nitrogen and oxygen atoms in total. The molecule has 22 heavy (non-hydrogen) atoms. The molecule has 1 N–H and O–H groups in total. The number of carbonyl (C=O) groups is 1. The van der Waals surface area contributed by atoms with Crippen LogP contribution >= 0.6 is 0 Å². The molecule has 2 saturated heterocycles. The highest BCUT2D eigenvalue weighted by molar-refractivity contribution is 5.81. The largest absolute Gasteiger partial charge is 0.405 e. The first-order valence-electron chi connectivity index (χ1n) is 7.74. The Labute approximate surface area is 128 Å². The van der Waals surface area contributed by atoms with Gasteiger partial charge < -0.3 is 10.1 Å². The summed E-state index contributed by atoms with van der Waals surface area (Å²) in [5.41, 5.74) is 0. The second-order valence-electron chi connectivity index (χ2n) is 6.07. The fourth-order valence-corrected chi connectivity index (χ4v) is 3.01. The van der Waals surface area contributed by atoms with Gasteiger partial charge in [0.25, 0.3) is 0 Å². The maximum absolute atomic E-state index is 12.1. The Hall–Kier alpha value is -0.860. The molecule has 2 rings (SSSR count). The fourth-order valence-electron chi connectivity index (χ4n) is 3.01. The third kappa shape index (κ3) is 5.40. The van der Waals surface area contributed by atoms with Crippen molar-refractivity contribution in [3.8, 4) is 0 Å². The molecule has 0 radical (unpaired) electrons. The van der Waals surface area contributed by atoms with Crippen LogP contribution in [0.4, 0.5) is 13.2 Å². The van der Waals surface area contributed by atoms with Gasteiger partial charge in [0.1, 0.15) is 6.54 Å². The number of halogens is 3. The number of nitrogens with zero attached hydrogens (tertiary/aromatic N) is 2. The van der Waals surface area contributed by atoms with Crippen molar-refractivity contribution in [3.63, 3.8) is 0 Å². The third-order valence-corrected chi connectivity index (χ3v) is 4.33. The summed E-state index contributed by atoms with van der Waals surface area (Å²) in [6, 6.07) is -0.517. The lowest BCUT2D eigenvalue weighted by Gasteiger charge is -2.29. The Morgan fingerprint density at radius 2 is 2.00 bits per heavy atom. The van der Waals surface area contributed by atoms with Gasteiger partial charge in [0, 0.05) is 26.2 Å². The summed E-state index contributed by atoms with van der Waals surface area (Å²) in [5.74, 6) is -0.0830. The molecule has 0 saturated carbocycles. The van der Waals surface area contributed by atoms with E-state index in [1.54, 1.807) is 6.92 Å². The summed E-state index contributed by atoms with van der Waals surface area (Å²) in [6.07, 6.45) is -3.38. The first-order valence-corrected chi connectivity index (χ1v) is 7.74. The van der Waals surface area contributed by atoms with Gasteiger partial charge >= 0.3 is 6.18 Å². The van der Waals surface area contributed by atoms with E-state index in [1.807, 2.05) is 10.2 Å². The molecule has 0 aromatic heterocycles. The second kappa shape index (κ2) is 7.61. The molecular formula is C14H24F3N3O2. The van der Waals surface area contributed by atoms with Crippen LogP contribution < -0.4 is 5.32 Å². The van der Waals surface area contributed by atoms with Crippen LogP contribution in [0.1, 0.15) is 13.3 Å². The van der Waals surface area contributed by atoms with Crippen LogP contribution in [0.5, 0.6) is 0 Å². The van der Waals surface area contributed by atoms with Crippen molar-refractivity contribution in [1.82, 2.24) is 15.1 Å². The average molecular weight is 323 g/mol. The number of ether oxygens (including phenoxy) is 1. The Morgan fingerprint density at radius 1 is 1.32 bits per heavy atom. The maximum atomic E-state index is 12.1. The molecule has 2 aliphatic heterocycles. The first-order chi connectivity index (χ1) is 10.3. The van der Waals surface area contributed by atoms with Gasteiger partial charge in [-0.25, -0.2) is 0 Å². The Balaban J connectivity index is 1.73. The van der Waals surface area contributed by atoms with E-state index in [1.165, 1.54) is 0 Å². The van der Waals surface area contributed by atoms with Crippen molar-refractivity contribution in [1.29, 1.82) is 0 Å². The quantitative estimate of drug-likeness (QED) is 0.809. The molecule has 2 fully saturated rings. The predicted octanol–water partition coefficient (Wildman–Crippen LogP) is 0.708. The second-order valence-corrected chi connectivity index (χ2v) is 6.07. The zero-order valence-corrected chi connectivity index (χ0v) is 12.9. The molecular weight excluding hydrogens is 299 g/mol. The lowest BCUT2D eigenvalue weighted by molar-refractivity contribution is -0.141. The maximum Gasteiger partial charge on any atom is 0.405 e. The minimum Gasteiger partial charge on any atom is -0.379 e. The molecule has 0 unspecified atom stereocenters. The van der Waals surface area contributed by atoms with Crippen molar-refractivity contribution < 1.29 is 22.7 Å². The van der Waals surface area contributed by atoms with Crippen molar-refractivity contribution in [2.75, 3.05) is 52.5 Å². The van der Waals surface area contributed by atoms with Gasteiger partial charge in [-0.2, -0.15) is 13.2 Å². The van der Waals surface area contributed by atoms with Gasteiger partial charge in [0.2, 0.25) is 5.91 Å². The van der Waals surface area contributed by atoms with Gasteiger partial charge in [-0.1, -0.05) is 0 Å². The van der Waals surface area contributed by atoms with Crippen LogP contribution in [-0.4, -0.2) is 80.4 Å². The average Bonchev–Trinajstić information content (AvgIpc) is 2.92. The van der Waals surface area contributed by atoms with Crippen molar-refractivity contribution >= 4 is 5.91 Å². The van der Waals surface area contributed by atoms with E-state index in [-0.39, 0.29) is 0 Å². The molecule has 2 heterocycles. The lowest BCUT2D eigenvalue weighted by atomic mass is 10.1. The number of rotatable bonds is 5. The summed E-state index contributed by atoms with van der Waals surface area (Å²) in [4.78, 5) is 16.1. The molecule has 2 atom stereocenters. The van der Waals surface area contributed by atoms with Crippen LogP contribution in [0.3, 0.4) is 0 Å². The number of amides is 1. The topological polar surface area (TPSA) is 44.8 Å². The molecule has 0 aromatic rings. The summed E-state index contributed by atoms with van der Waals surface area (Å²) < 4.78 is 41.7. The molecule has 128 valence electrons. The van der Waals surface area contributed by atoms with Gasteiger partial charge in [0.15, 0.2) is 0 Å². The zero-order chi connectivity index (χ0) is 16.2. The van der Waals surface area contributed by atoms with Crippen LogP contribution in [0.15, 0.2) is 0 Å². The third-order valence-electron chi connectivity index (χ3n) is 4.33. The highest BCUT2D eigenvalue weighted by Gasteiger charge is 2.33. The number of carbonyl (C=O) groups excluding carboxylic acids is 1. The molecule has 0 spiro atoms. The molecule has 8 heteroatoms. The van der Waals surface area contributed by atoms with E-state index in [4.69, 9.17) is 4.74 Å². The Kier molecular flexibility index (Phi) is 6.05. The number of nitrogens with one attached hydrogen (secondary N) is 1. The summed E-state index contributed by atoms with van der Waals surface area (Å²) in [5, 5.41) is 1.96. The highest BCUT2D eigenvalue weighted by Crippen LogP contribution is 2.20. The fraction of sp³-hybridized carbons (Fsp3) is 0.929. The monoisotopic (exact) mass is 323 g/mol. The summed E-state index contributed by atoms with van der Waals surface area (Å²) in [6.45, 7) is 6.27. The van der Waals surface area contributed by atoms with Gasteiger partial charge in [-0.05, 0) is 25.8 Å². The standard InChI is InChI=1S/C14H24F3N3O2/c1-11(13(21)18-10-14(15,16)17)20-3-2-12(9-20)8-19-4-6-22-7-5-19/h11-12H,2-10H2,1H3,(H,18,21)/t11-,12+/m0/s1. The Morgan fingerprint density at radius 3 is 2.64 bits per heavy atom. The number of hydrogen-bond donors (Lipinski definition) is 1. The molecule has 0 aliphatic carbocycles. The van der Waals surface area contributed by atoms with Crippen LogP contribution in [0.25, 0.3) is 0 Å². The van der Waals surface area contributed by atoms with Crippen molar-refractivity contribution in [3.05, 3.63) is 0 Å². The smallest absolute Gasteiger partial charge is 0.379 e. The Bertz CT molecular complexity index is 373. The van der Waals surface area contributed by atoms with E-state index >= 15 is 0 Å². The van der Waals surface area contributed by atoms with Crippen molar-refractivity contribution in [2.24, 2.45) is 5.92 Å². The lowest BCUT2D eigenvalue weighted by Crippen LogP contribution is -2.47. The van der Waals surface area contributed by atoms with Crippen LogP contribution in [0.2, 0.25) is 0 Å². The van der Waals surface area contributed by atoms with E-state index in [0.29, 0.717) is 5.92 Å². The molecule has 0 aromatic carbocycles. The van der Waals surface area contributed by atoms with Crippen molar-refractivity contribution in [2.45, 2.75) is 25.6 Å². The SMILES string of the molecule is C[C@@H](C(=O)NCC(F)(F)F)N1CC[C@H](CN2CCOCC2)C1. The summed E-state index contributed by atoms with van der Waals surface area (Å²) in [7, 11) is 0. The summed E-state index contributed by atoms with van der Waals surface area (Å²) >= 11 is 0. The first kappa shape index (κ1) is 17.5. The van der Waals surface area contributed by atoms with Crippen LogP contribution in [-0.2, 0) is 9.53 Å². The highest BCUT2D eigenvalue weighted by atomic mass is 19.4. The number of likely N-dealkylation sites (tertiary alicyclic amines) is 1. The van der Waals surface area contributed by atoms with Gasteiger partial charge in [0.05, 0.1) is 19.3 Å². The molecule has 0 bridgehead atoms. The van der Waals surface area contributed by atoms with E-state index in [9.17, 15) is 18.0 Å². The normalized spacial score (nSPS) is 26.1. The number of morpholine rings is 1. The van der Waals surface area contributed by atoms with E-state index in [2.05, 4.69) is 4.90 Å². The van der Waals surface area contributed by atoms with E-state index < -0.39 is 24.7 Å². The van der Waals surface area contributed by atoms with Gasteiger partial charge in [-0.3, -0.25) is 14.6 Å². The minimum absolute atomic E-state index is 0.468. The number of alkyl halides is 3. The minimum atomic E-state index is -4.36. The zero-order valence-electron chi connectivity index (χ0n) is 12.9. The van der Waals surface area contributed by atoms with E-state index in [0.717, 1.165) is 52.4 Å². The predicted molar refractivity (Wildman–Crippen MR) is 75.5 cm³/mol. The molecule has 2 aliphatic rings. The van der Waals surface area contributed by atoms with Gasteiger partial charge in [-0.15, -0.1) is 0 Å². The molecule has 1 amide bonds. The number of hydrogen-bond acceptors (Lipinski definition) is 4.